The Morgan fingerprint density at radius 1 is 1.07 bits per heavy atom. The number of carboxylic acid groups (broad SMARTS) is 1. The fraction of sp³-hybridized carbons (Fsp3) is 0.350. The lowest BCUT2D eigenvalue weighted by Gasteiger charge is -2.38. The summed E-state index contributed by atoms with van der Waals surface area (Å²) in [4.78, 5) is 29.7. The number of hydrogen-bond acceptors (Lipinski definition) is 4. The molecule has 0 bridgehead atoms. The van der Waals surface area contributed by atoms with Crippen molar-refractivity contribution in [2.75, 3.05) is 13.1 Å². The van der Waals surface area contributed by atoms with Crippen LogP contribution in [-0.4, -0.2) is 51.1 Å². The first kappa shape index (κ1) is 18.7. The minimum absolute atomic E-state index is 0.0648. The number of nitrogens with one attached hydrogen (secondary N) is 1. The maximum Gasteiger partial charge on any atom is 0.407 e. The van der Waals surface area contributed by atoms with E-state index in [1.165, 1.54) is 4.90 Å². The van der Waals surface area contributed by atoms with Crippen molar-refractivity contribution in [3.05, 3.63) is 64.9 Å². The van der Waals surface area contributed by atoms with Gasteiger partial charge in [-0.25, -0.2) is 9.80 Å². The monoisotopic (exact) mass is 400 g/mol. The van der Waals surface area contributed by atoms with E-state index in [1.54, 1.807) is 24.5 Å². The Hall–Kier alpha value is -2.64. The molecule has 2 amide bonds. The van der Waals surface area contributed by atoms with Crippen molar-refractivity contribution in [3.8, 4) is 0 Å². The summed E-state index contributed by atoms with van der Waals surface area (Å²) in [5.74, 6) is -0.443. The second kappa shape index (κ2) is 7.77. The molecule has 1 aromatic heterocycles. The molecule has 0 aliphatic carbocycles. The molecule has 8 heteroatoms. The highest BCUT2D eigenvalue weighted by Gasteiger charge is 2.46. The molecule has 4 rings (SSSR count). The van der Waals surface area contributed by atoms with Crippen LogP contribution in [0.4, 0.5) is 4.79 Å². The van der Waals surface area contributed by atoms with E-state index < -0.39 is 6.09 Å². The topological polar surface area (TPSA) is 85.8 Å². The van der Waals surface area contributed by atoms with Gasteiger partial charge in [-0.3, -0.25) is 15.2 Å². The van der Waals surface area contributed by atoms with Crippen LogP contribution in [0.25, 0.3) is 0 Å². The molecular formula is C20H21ClN4O3. The largest absolute Gasteiger partial charge is 0.465 e. The van der Waals surface area contributed by atoms with Gasteiger partial charge in [0, 0.05) is 36.5 Å². The molecule has 2 saturated heterocycles. The molecule has 7 nitrogen and oxygen atoms in total. The van der Waals surface area contributed by atoms with Crippen molar-refractivity contribution >= 4 is 23.6 Å². The molecule has 2 atom stereocenters. The van der Waals surface area contributed by atoms with E-state index in [-0.39, 0.29) is 23.9 Å². The zero-order valence-electron chi connectivity index (χ0n) is 15.2. The number of likely N-dealkylation sites (tertiary alicyclic amines) is 1. The highest BCUT2D eigenvalue weighted by atomic mass is 35.5. The summed E-state index contributed by atoms with van der Waals surface area (Å²) in [7, 11) is 0. The summed E-state index contributed by atoms with van der Waals surface area (Å²) in [5.41, 5.74) is 4.95. The Kier molecular flexibility index (Phi) is 5.19. The summed E-state index contributed by atoms with van der Waals surface area (Å²) in [6.07, 6.45) is 3.89. The number of hydrogen-bond donors (Lipinski definition) is 2. The van der Waals surface area contributed by atoms with E-state index in [4.69, 9.17) is 11.6 Å². The SMILES string of the molecule is O=C1NN(C2CCN(C(=O)O)CC2)C(c2ccncc2)C1c1ccc(Cl)cc1. The van der Waals surface area contributed by atoms with Crippen LogP contribution >= 0.6 is 11.6 Å². The lowest BCUT2D eigenvalue weighted by Crippen LogP contribution is -2.50. The van der Waals surface area contributed by atoms with Crippen LogP contribution in [-0.2, 0) is 4.79 Å². The van der Waals surface area contributed by atoms with Crippen molar-refractivity contribution in [3.63, 3.8) is 0 Å². The number of nitrogens with zero attached hydrogens (tertiary/aromatic N) is 3. The first-order chi connectivity index (χ1) is 13.5. The molecule has 146 valence electrons. The molecule has 2 N–H and O–H groups in total. The fourth-order valence-electron chi connectivity index (χ4n) is 4.14. The third-order valence-electron chi connectivity index (χ3n) is 5.54. The Morgan fingerprint density at radius 3 is 2.32 bits per heavy atom. The molecule has 1 aromatic carbocycles. The number of benzene rings is 1. The van der Waals surface area contributed by atoms with Crippen LogP contribution in [0.15, 0.2) is 48.8 Å². The van der Waals surface area contributed by atoms with Crippen molar-refractivity contribution in [2.45, 2.75) is 30.8 Å². The van der Waals surface area contributed by atoms with Crippen molar-refractivity contribution in [1.82, 2.24) is 20.3 Å². The number of pyridine rings is 1. The summed E-state index contributed by atoms with van der Waals surface area (Å²) in [6, 6.07) is 11.1. The number of hydrazine groups is 1. The van der Waals surface area contributed by atoms with Crippen molar-refractivity contribution in [1.29, 1.82) is 0 Å². The maximum atomic E-state index is 13.0. The first-order valence-corrected chi connectivity index (χ1v) is 9.64. The maximum absolute atomic E-state index is 13.0. The van der Waals surface area contributed by atoms with Crippen LogP contribution in [0, 0.1) is 0 Å². The summed E-state index contributed by atoms with van der Waals surface area (Å²) in [5, 5.41) is 11.8. The Labute approximate surface area is 167 Å². The highest BCUT2D eigenvalue weighted by Crippen LogP contribution is 2.42. The van der Waals surface area contributed by atoms with E-state index in [0.29, 0.717) is 31.0 Å². The number of carbonyl (C=O) groups excluding carboxylic acids is 1. The normalized spacial score (nSPS) is 23.6. The quantitative estimate of drug-likeness (QED) is 0.827. The summed E-state index contributed by atoms with van der Waals surface area (Å²) < 4.78 is 0. The smallest absolute Gasteiger partial charge is 0.407 e. The minimum atomic E-state index is -0.895. The van der Waals surface area contributed by atoms with Gasteiger partial charge in [-0.2, -0.15) is 0 Å². The van der Waals surface area contributed by atoms with Gasteiger partial charge in [0.25, 0.3) is 0 Å². The zero-order chi connectivity index (χ0) is 19.7. The average Bonchev–Trinajstić information content (AvgIpc) is 3.06. The Balaban J connectivity index is 1.65. The van der Waals surface area contributed by atoms with Gasteiger partial charge in [0.15, 0.2) is 0 Å². The van der Waals surface area contributed by atoms with Gasteiger partial charge in [0.2, 0.25) is 5.91 Å². The second-order valence-electron chi connectivity index (χ2n) is 7.14. The predicted octanol–water partition coefficient (Wildman–Crippen LogP) is 3.05. The fourth-order valence-corrected chi connectivity index (χ4v) is 4.27. The standard InChI is InChI=1S/C20H21ClN4O3/c21-15-3-1-13(2-4-15)17-18(14-5-9-22-10-6-14)25(23-19(17)26)16-7-11-24(12-8-16)20(27)28/h1-6,9-10,16-18H,7-8,11-12H2,(H,23,26)(H,27,28). The van der Waals surface area contributed by atoms with Gasteiger partial charge < -0.3 is 10.0 Å². The van der Waals surface area contributed by atoms with E-state index in [9.17, 15) is 14.7 Å². The molecule has 2 fully saturated rings. The number of halogens is 1. The van der Waals surface area contributed by atoms with Gasteiger partial charge in [0.1, 0.15) is 0 Å². The number of carbonyl (C=O) groups is 2. The molecule has 2 unspecified atom stereocenters. The Morgan fingerprint density at radius 2 is 1.71 bits per heavy atom. The van der Waals surface area contributed by atoms with Gasteiger partial charge in [-0.15, -0.1) is 0 Å². The van der Waals surface area contributed by atoms with Crippen molar-refractivity contribution in [2.24, 2.45) is 0 Å². The second-order valence-corrected chi connectivity index (χ2v) is 7.58. The van der Waals surface area contributed by atoms with Crippen LogP contribution in [0.1, 0.15) is 35.9 Å². The van der Waals surface area contributed by atoms with E-state index >= 15 is 0 Å². The Bertz CT molecular complexity index is 854. The lowest BCUT2D eigenvalue weighted by molar-refractivity contribution is -0.122. The number of amides is 2. The number of rotatable bonds is 3. The van der Waals surface area contributed by atoms with Crippen molar-refractivity contribution < 1.29 is 14.7 Å². The number of piperidine rings is 1. The molecule has 0 radical (unpaired) electrons. The molecule has 3 heterocycles. The molecule has 2 aliphatic rings. The zero-order valence-corrected chi connectivity index (χ0v) is 15.9. The van der Waals surface area contributed by atoms with Crippen LogP contribution in [0.5, 0.6) is 0 Å². The third kappa shape index (κ3) is 3.55. The minimum Gasteiger partial charge on any atom is -0.465 e. The third-order valence-corrected chi connectivity index (χ3v) is 5.79. The molecule has 2 aromatic rings. The van der Waals surface area contributed by atoms with Crippen LogP contribution in [0.2, 0.25) is 5.02 Å². The summed E-state index contributed by atoms with van der Waals surface area (Å²) in [6.45, 7) is 0.919. The molecule has 2 aliphatic heterocycles. The highest BCUT2D eigenvalue weighted by molar-refractivity contribution is 6.30. The van der Waals surface area contributed by atoms with E-state index in [2.05, 4.69) is 10.4 Å². The van der Waals surface area contributed by atoms with E-state index in [0.717, 1.165) is 11.1 Å². The summed E-state index contributed by atoms with van der Waals surface area (Å²) >= 11 is 6.03. The molecule has 0 saturated carbocycles. The average molecular weight is 401 g/mol. The van der Waals surface area contributed by atoms with Gasteiger partial charge in [-0.05, 0) is 48.2 Å². The molecular weight excluding hydrogens is 380 g/mol. The lowest BCUT2D eigenvalue weighted by atomic mass is 9.87. The molecule has 0 spiro atoms. The molecule has 28 heavy (non-hydrogen) atoms. The van der Waals surface area contributed by atoms with Gasteiger partial charge in [0.05, 0.1) is 12.0 Å². The van der Waals surface area contributed by atoms with Crippen LogP contribution < -0.4 is 5.43 Å². The van der Waals surface area contributed by atoms with E-state index in [1.807, 2.05) is 29.3 Å². The predicted molar refractivity (Wildman–Crippen MR) is 104 cm³/mol. The van der Waals surface area contributed by atoms with Crippen LogP contribution in [0.3, 0.4) is 0 Å². The van der Waals surface area contributed by atoms with Gasteiger partial charge >= 0.3 is 6.09 Å². The number of aromatic nitrogens is 1. The first-order valence-electron chi connectivity index (χ1n) is 9.26. The van der Waals surface area contributed by atoms with Gasteiger partial charge in [-0.1, -0.05) is 23.7 Å².